The van der Waals surface area contributed by atoms with Crippen LogP contribution in [0.3, 0.4) is 0 Å². The predicted octanol–water partition coefficient (Wildman–Crippen LogP) is 7.45. The SMILES string of the molecule is C/C=C\C(=C/C)c1ccc(C(CC)=C(c2ccc(O)cc2)c2ccc(O)cc2)cc1. The van der Waals surface area contributed by atoms with Gasteiger partial charge in [-0.3, -0.25) is 0 Å². The number of phenolic OH excluding ortho intramolecular Hbond substituents is 2. The molecule has 0 aliphatic heterocycles. The van der Waals surface area contributed by atoms with E-state index >= 15 is 0 Å². The molecule has 0 saturated heterocycles. The van der Waals surface area contributed by atoms with E-state index in [-0.39, 0.29) is 11.5 Å². The summed E-state index contributed by atoms with van der Waals surface area (Å²) < 4.78 is 0. The third kappa shape index (κ3) is 4.72. The normalized spacial score (nSPS) is 11.6. The fourth-order valence-corrected chi connectivity index (χ4v) is 3.70. The van der Waals surface area contributed by atoms with E-state index in [1.807, 2.05) is 44.2 Å². The van der Waals surface area contributed by atoms with Crippen LogP contribution in [0.2, 0.25) is 0 Å². The lowest BCUT2D eigenvalue weighted by molar-refractivity contribution is 0.475. The van der Waals surface area contributed by atoms with Crippen LogP contribution in [0.5, 0.6) is 11.5 Å². The number of benzene rings is 3. The van der Waals surface area contributed by atoms with E-state index in [9.17, 15) is 10.2 Å². The van der Waals surface area contributed by atoms with Crippen molar-refractivity contribution in [3.05, 3.63) is 113 Å². The van der Waals surface area contributed by atoms with Crippen molar-refractivity contribution >= 4 is 16.7 Å². The number of hydrogen-bond donors (Lipinski definition) is 2. The van der Waals surface area contributed by atoms with E-state index in [2.05, 4.69) is 43.3 Å². The molecule has 0 spiro atoms. The summed E-state index contributed by atoms with van der Waals surface area (Å²) in [5, 5.41) is 19.5. The van der Waals surface area contributed by atoms with Gasteiger partial charge in [-0.15, -0.1) is 0 Å². The predicted molar refractivity (Wildman–Crippen MR) is 127 cm³/mol. The van der Waals surface area contributed by atoms with Crippen molar-refractivity contribution < 1.29 is 10.2 Å². The van der Waals surface area contributed by atoms with Gasteiger partial charge in [0.25, 0.3) is 0 Å². The van der Waals surface area contributed by atoms with Crippen molar-refractivity contribution in [2.75, 3.05) is 0 Å². The minimum Gasteiger partial charge on any atom is -0.508 e. The Morgan fingerprint density at radius 2 is 1.10 bits per heavy atom. The van der Waals surface area contributed by atoms with Crippen LogP contribution < -0.4 is 0 Å². The fraction of sp³-hybridized carbons (Fsp3) is 0.143. The van der Waals surface area contributed by atoms with Gasteiger partial charge in [0, 0.05) is 0 Å². The van der Waals surface area contributed by atoms with Gasteiger partial charge >= 0.3 is 0 Å². The quantitative estimate of drug-likeness (QED) is 0.335. The van der Waals surface area contributed by atoms with Gasteiger partial charge < -0.3 is 10.2 Å². The lowest BCUT2D eigenvalue weighted by atomic mass is 9.87. The maximum atomic E-state index is 9.75. The molecule has 0 saturated carbocycles. The molecule has 0 unspecified atom stereocenters. The van der Waals surface area contributed by atoms with Crippen molar-refractivity contribution in [2.45, 2.75) is 27.2 Å². The average Bonchev–Trinajstić information content (AvgIpc) is 2.78. The number of allylic oxidation sites excluding steroid dienone is 5. The van der Waals surface area contributed by atoms with Crippen molar-refractivity contribution in [3.63, 3.8) is 0 Å². The molecule has 0 aromatic heterocycles. The molecule has 2 N–H and O–H groups in total. The van der Waals surface area contributed by atoms with Gasteiger partial charge in [-0.05, 0) is 83.5 Å². The van der Waals surface area contributed by atoms with Crippen molar-refractivity contribution in [1.29, 1.82) is 0 Å². The third-order valence-corrected chi connectivity index (χ3v) is 5.19. The van der Waals surface area contributed by atoms with Crippen LogP contribution in [-0.4, -0.2) is 10.2 Å². The van der Waals surface area contributed by atoms with E-state index in [4.69, 9.17) is 0 Å². The highest BCUT2D eigenvalue weighted by Crippen LogP contribution is 2.36. The summed E-state index contributed by atoms with van der Waals surface area (Å²) in [5.41, 5.74) is 7.92. The Kier molecular flexibility index (Phi) is 6.92. The van der Waals surface area contributed by atoms with Gasteiger partial charge in [0.05, 0.1) is 0 Å². The summed E-state index contributed by atoms with van der Waals surface area (Å²) in [6.07, 6.45) is 7.13. The first-order valence-corrected chi connectivity index (χ1v) is 10.3. The van der Waals surface area contributed by atoms with Crippen molar-refractivity contribution in [2.24, 2.45) is 0 Å². The van der Waals surface area contributed by atoms with E-state index < -0.39 is 0 Å². The molecule has 152 valence electrons. The summed E-state index contributed by atoms with van der Waals surface area (Å²) in [7, 11) is 0. The Balaban J connectivity index is 2.17. The molecule has 0 heterocycles. The standard InChI is InChI=1S/C28H28O2/c1-4-7-20(5-2)21-8-10-22(11-9-21)27(6-3)28(23-12-16-25(29)17-13-23)24-14-18-26(30)19-15-24/h4-5,7-19,29-30H,6H2,1-3H3/b7-4-,20-5+. The molecule has 3 rings (SSSR count). The molecule has 0 aliphatic carbocycles. The molecule has 0 aliphatic rings. The zero-order valence-electron chi connectivity index (χ0n) is 17.8. The van der Waals surface area contributed by atoms with Gasteiger partial charge in [0.2, 0.25) is 0 Å². The number of rotatable bonds is 6. The molecule has 0 amide bonds. The first-order chi connectivity index (χ1) is 14.6. The van der Waals surface area contributed by atoms with Crippen LogP contribution in [-0.2, 0) is 0 Å². The highest BCUT2D eigenvalue weighted by atomic mass is 16.3. The summed E-state index contributed by atoms with van der Waals surface area (Å²) >= 11 is 0. The summed E-state index contributed by atoms with van der Waals surface area (Å²) in [4.78, 5) is 0. The maximum absolute atomic E-state index is 9.75. The van der Waals surface area contributed by atoms with E-state index in [1.54, 1.807) is 24.3 Å². The van der Waals surface area contributed by atoms with Crippen LogP contribution in [0.15, 0.2) is 91.0 Å². The minimum absolute atomic E-state index is 0.245. The third-order valence-electron chi connectivity index (χ3n) is 5.19. The summed E-state index contributed by atoms with van der Waals surface area (Å²) in [5.74, 6) is 0.489. The van der Waals surface area contributed by atoms with Gasteiger partial charge in [-0.1, -0.05) is 73.7 Å². The van der Waals surface area contributed by atoms with Crippen LogP contribution in [0.4, 0.5) is 0 Å². The molecule has 3 aromatic carbocycles. The van der Waals surface area contributed by atoms with Crippen LogP contribution >= 0.6 is 0 Å². The highest BCUT2D eigenvalue weighted by molar-refractivity contribution is 5.98. The van der Waals surface area contributed by atoms with Crippen molar-refractivity contribution in [3.8, 4) is 11.5 Å². The Labute approximate surface area is 179 Å². The number of hydrogen-bond acceptors (Lipinski definition) is 2. The highest BCUT2D eigenvalue weighted by Gasteiger charge is 2.13. The molecule has 0 bridgehead atoms. The zero-order chi connectivity index (χ0) is 21.5. The second-order valence-corrected chi connectivity index (χ2v) is 7.12. The summed E-state index contributed by atoms with van der Waals surface area (Å²) in [6, 6.07) is 23.2. The van der Waals surface area contributed by atoms with Crippen LogP contribution in [0.25, 0.3) is 16.7 Å². The lowest BCUT2D eigenvalue weighted by Gasteiger charge is -2.17. The van der Waals surface area contributed by atoms with Crippen LogP contribution in [0, 0.1) is 0 Å². The monoisotopic (exact) mass is 396 g/mol. The molecule has 0 atom stereocenters. The molecule has 3 aromatic rings. The zero-order valence-corrected chi connectivity index (χ0v) is 17.8. The second-order valence-electron chi connectivity index (χ2n) is 7.12. The number of phenols is 2. The van der Waals surface area contributed by atoms with E-state index in [0.29, 0.717) is 0 Å². The topological polar surface area (TPSA) is 40.5 Å². The molecule has 2 nitrogen and oxygen atoms in total. The van der Waals surface area contributed by atoms with Gasteiger partial charge in [-0.2, -0.15) is 0 Å². The van der Waals surface area contributed by atoms with Crippen molar-refractivity contribution in [1.82, 2.24) is 0 Å². The maximum Gasteiger partial charge on any atom is 0.115 e. The number of aromatic hydroxyl groups is 2. The van der Waals surface area contributed by atoms with E-state index in [0.717, 1.165) is 28.7 Å². The lowest BCUT2D eigenvalue weighted by Crippen LogP contribution is -1.95. The Bertz CT molecular complexity index is 1020. The molecule has 2 heteroatoms. The van der Waals surface area contributed by atoms with E-state index in [1.165, 1.54) is 16.7 Å². The first-order valence-electron chi connectivity index (χ1n) is 10.3. The minimum atomic E-state index is 0.245. The Morgan fingerprint density at radius 3 is 1.50 bits per heavy atom. The largest absolute Gasteiger partial charge is 0.508 e. The Morgan fingerprint density at radius 1 is 0.667 bits per heavy atom. The molecule has 0 fully saturated rings. The smallest absolute Gasteiger partial charge is 0.115 e. The van der Waals surface area contributed by atoms with Gasteiger partial charge in [-0.25, -0.2) is 0 Å². The fourth-order valence-electron chi connectivity index (χ4n) is 3.70. The van der Waals surface area contributed by atoms with Gasteiger partial charge in [0.15, 0.2) is 0 Å². The molecule has 0 radical (unpaired) electrons. The Hall–Kier alpha value is -3.52. The van der Waals surface area contributed by atoms with Gasteiger partial charge in [0.1, 0.15) is 11.5 Å². The second kappa shape index (κ2) is 9.80. The summed E-state index contributed by atoms with van der Waals surface area (Å²) in [6.45, 7) is 6.23. The molecule has 30 heavy (non-hydrogen) atoms. The molecular weight excluding hydrogens is 368 g/mol. The average molecular weight is 397 g/mol. The first kappa shape index (κ1) is 21.2. The molecular formula is C28H28O2. The van der Waals surface area contributed by atoms with Crippen LogP contribution in [0.1, 0.15) is 49.4 Å².